The number of aliphatic carboxylic acids is 1. The van der Waals surface area contributed by atoms with Gasteiger partial charge in [0.05, 0.1) is 5.92 Å². The molecule has 0 bridgehead atoms. The Labute approximate surface area is 127 Å². The Morgan fingerprint density at radius 2 is 2.14 bits per heavy atom. The van der Waals surface area contributed by atoms with Crippen LogP contribution in [0.25, 0.3) is 0 Å². The summed E-state index contributed by atoms with van der Waals surface area (Å²) in [6.07, 6.45) is 2.76. The summed E-state index contributed by atoms with van der Waals surface area (Å²) in [5, 5.41) is 20.5. The minimum absolute atomic E-state index is 0.224. The molecule has 0 aromatic carbocycles. The Hall–Kier alpha value is -2.58. The highest BCUT2D eigenvalue weighted by atomic mass is 16.4. The average Bonchev–Trinajstić information content (AvgIpc) is 3.05. The van der Waals surface area contributed by atoms with Crippen molar-refractivity contribution in [3.63, 3.8) is 0 Å². The first-order valence-electron chi connectivity index (χ1n) is 7.11. The fraction of sp³-hybridized carbons (Fsp3) is 0.538. The van der Waals surface area contributed by atoms with Crippen molar-refractivity contribution in [2.75, 3.05) is 26.2 Å². The summed E-state index contributed by atoms with van der Waals surface area (Å²) in [5.41, 5.74) is 0.353. The van der Waals surface area contributed by atoms with Gasteiger partial charge in [0, 0.05) is 32.4 Å². The van der Waals surface area contributed by atoms with E-state index in [1.165, 1.54) is 11.1 Å². The fourth-order valence-electron chi connectivity index (χ4n) is 2.30. The summed E-state index contributed by atoms with van der Waals surface area (Å²) >= 11 is 0. The molecular formula is C13H19N5O4. The number of carbonyl (C=O) groups excluding carboxylic acids is 2. The van der Waals surface area contributed by atoms with Gasteiger partial charge in [0.1, 0.15) is 5.69 Å². The number of H-pyrrole nitrogens is 1. The van der Waals surface area contributed by atoms with Crippen molar-refractivity contribution in [1.82, 2.24) is 25.7 Å². The van der Waals surface area contributed by atoms with Crippen LogP contribution >= 0.6 is 0 Å². The topological polar surface area (TPSA) is 127 Å². The zero-order chi connectivity index (χ0) is 15.9. The monoisotopic (exact) mass is 309 g/mol. The number of likely N-dealkylation sites (tertiary alicyclic amines) is 1. The van der Waals surface area contributed by atoms with Gasteiger partial charge in [0.2, 0.25) is 0 Å². The molecule has 1 aromatic rings. The molecule has 0 spiro atoms. The highest BCUT2D eigenvalue weighted by Gasteiger charge is 2.27. The normalized spacial score (nSPS) is 17.8. The summed E-state index contributed by atoms with van der Waals surface area (Å²) < 4.78 is 0. The maximum atomic E-state index is 11.9. The van der Waals surface area contributed by atoms with Crippen molar-refractivity contribution < 1.29 is 19.5 Å². The number of hydrogen-bond donors (Lipinski definition) is 4. The number of carboxylic acid groups (broad SMARTS) is 1. The maximum absolute atomic E-state index is 11.9. The van der Waals surface area contributed by atoms with Crippen molar-refractivity contribution >= 4 is 17.9 Å². The van der Waals surface area contributed by atoms with Gasteiger partial charge < -0.3 is 20.6 Å². The van der Waals surface area contributed by atoms with E-state index in [2.05, 4.69) is 20.8 Å². The standard InChI is InChI=1S/C13H19N5O4/c19-11(10-3-4-16-17-10)14-5-6-15-13(22)18-7-1-2-9(8-18)12(20)21/h3-4,9H,1-2,5-8H2,(H,14,19)(H,15,22)(H,16,17)(H,20,21). The molecule has 0 saturated carbocycles. The molecule has 0 aliphatic carbocycles. The molecule has 4 N–H and O–H groups in total. The van der Waals surface area contributed by atoms with Crippen molar-refractivity contribution in [3.05, 3.63) is 18.0 Å². The lowest BCUT2D eigenvalue weighted by molar-refractivity contribution is -0.143. The van der Waals surface area contributed by atoms with Crippen LogP contribution in [0.4, 0.5) is 4.79 Å². The van der Waals surface area contributed by atoms with Gasteiger partial charge in [-0.1, -0.05) is 0 Å². The number of piperidine rings is 1. The van der Waals surface area contributed by atoms with Gasteiger partial charge in [0.15, 0.2) is 0 Å². The summed E-state index contributed by atoms with van der Waals surface area (Å²) in [7, 11) is 0. The van der Waals surface area contributed by atoms with E-state index in [1.807, 2.05) is 0 Å². The molecule has 0 radical (unpaired) electrons. The van der Waals surface area contributed by atoms with Gasteiger partial charge in [-0.25, -0.2) is 4.79 Å². The van der Waals surface area contributed by atoms with E-state index in [0.717, 1.165) is 0 Å². The first-order chi connectivity index (χ1) is 10.6. The SMILES string of the molecule is O=C(NCCNC(=O)N1CCCC(C(=O)O)C1)c1ccn[nH]1. The molecule has 1 saturated heterocycles. The molecule has 1 aliphatic rings. The minimum atomic E-state index is -0.871. The van der Waals surface area contributed by atoms with Crippen LogP contribution in [0.2, 0.25) is 0 Å². The van der Waals surface area contributed by atoms with Crippen LogP contribution in [0.15, 0.2) is 12.3 Å². The predicted molar refractivity (Wildman–Crippen MR) is 76.3 cm³/mol. The lowest BCUT2D eigenvalue weighted by Gasteiger charge is -2.30. The third kappa shape index (κ3) is 4.21. The average molecular weight is 309 g/mol. The van der Waals surface area contributed by atoms with Gasteiger partial charge in [0.25, 0.3) is 5.91 Å². The number of nitrogens with one attached hydrogen (secondary N) is 3. The highest BCUT2D eigenvalue weighted by Crippen LogP contribution is 2.16. The molecule has 1 atom stereocenters. The highest BCUT2D eigenvalue weighted by molar-refractivity contribution is 5.92. The number of aromatic amines is 1. The second-order valence-electron chi connectivity index (χ2n) is 5.08. The molecule has 2 heterocycles. The maximum Gasteiger partial charge on any atom is 0.317 e. The minimum Gasteiger partial charge on any atom is -0.481 e. The zero-order valence-corrected chi connectivity index (χ0v) is 12.0. The fourth-order valence-corrected chi connectivity index (χ4v) is 2.30. The number of carboxylic acids is 1. The van der Waals surface area contributed by atoms with Crippen LogP contribution in [0, 0.1) is 5.92 Å². The van der Waals surface area contributed by atoms with Crippen LogP contribution in [0.5, 0.6) is 0 Å². The van der Waals surface area contributed by atoms with Crippen molar-refractivity contribution in [2.45, 2.75) is 12.8 Å². The van der Waals surface area contributed by atoms with Crippen molar-refractivity contribution in [2.24, 2.45) is 5.92 Å². The second kappa shape index (κ2) is 7.43. The van der Waals surface area contributed by atoms with Crippen LogP contribution in [0.3, 0.4) is 0 Å². The van der Waals surface area contributed by atoms with Gasteiger partial charge in [-0.3, -0.25) is 14.7 Å². The van der Waals surface area contributed by atoms with E-state index < -0.39 is 11.9 Å². The lowest BCUT2D eigenvalue weighted by Crippen LogP contribution is -2.48. The third-order valence-corrected chi connectivity index (χ3v) is 3.49. The van der Waals surface area contributed by atoms with Crippen LogP contribution in [0.1, 0.15) is 23.3 Å². The third-order valence-electron chi connectivity index (χ3n) is 3.49. The Morgan fingerprint density at radius 1 is 1.36 bits per heavy atom. The summed E-state index contributed by atoms with van der Waals surface area (Å²) in [4.78, 5) is 36.0. The Kier molecular flexibility index (Phi) is 5.34. The van der Waals surface area contributed by atoms with E-state index >= 15 is 0 Å². The van der Waals surface area contributed by atoms with Crippen LogP contribution in [-0.2, 0) is 4.79 Å². The predicted octanol–water partition coefficient (Wildman–Crippen LogP) is -0.354. The van der Waals surface area contributed by atoms with E-state index in [4.69, 9.17) is 5.11 Å². The number of urea groups is 1. The summed E-state index contributed by atoms with van der Waals surface area (Å²) in [6, 6.07) is 1.25. The molecule has 1 aromatic heterocycles. The molecule has 9 nitrogen and oxygen atoms in total. The first kappa shape index (κ1) is 15.8. The Bertz CT molecular complexity index is 531. The second-order valence-corrected chi connectivity index (χ2v) is 5.08. The first-order valence-corrected chi connectivity index (χ1v) is 7.11. The van der Waals surface area contributed by atoms with Gasteiger partial charge in [-0.15, -0.1) is 0 Å². The van der Waals surface area contributed by atoms with Gasteiger partial charge in [-0.2, -0.15) is 5.10 Å². The molecule has 9 heteroatoms. The summed E-state index contributed by atoms with van der Waals surface area (Å²) in [6.45, 7) is 1.32. The molecule has 120 valence electrons. The van der Waals surface area contributed by atoms with Crippen LogP contribution < -0.4 is 10.6 Å². The smallest absolute Gasteiger partial charge is 0.317 e. The van der Waals surface area contributed by atoms with Gasteiger partial charge in [-0.05, 0) is 18.9 Å². The summed E-state index contributed by atoms with van der Waals surface area (Å²) in [5.74, 6) is -1.67. The lowest BCUT2D eigenvalue weighted by atomic mass is 9.99. The number of hydrogen-bond acceptors (Lipinski definition) is 4. The van der Waals surface area contributed by atoms with Crippen molar-refractivity contribution in [3.8, 4) is 0 Å². The molecule has 1 unspecified atom stereocenters. The molecular weight excluding hydrogens is 290 g/mol. The van der Waals surface area contributed by atoms with E-state index in [-0.39, 0.29) is 31.6 Å². The Morgan fingerprint density at radius 3 is 2.82 bits per heavy atom. The largest absolute Gasteiger partial charge is 0.481 e. The zero-order valence-electron chi connectivity index (χ0n) is 12.0. The van der Waals surface area contributed by atoms with Gasteiger partial charge >= 0.3 is 12.0 Å². The molecule has 1 aliphatic heterocycles. The molecule has 1 fully saturated rings. The molecule has 2 rings (SSSR count). The number of carbonyl (C=O) groups is 3. The number of nitrogens with zero attached hydrogens (tertiary/aromatic N) is 2. The Balaban J connectivity index is 1.67. The van der Waals surface area contributed by atoms with Crippen LogP contribution in [-0.4, -0.2) is 64.3 Å². The van der Waals surface area contributed by atoms with E-state index in [9.17, 15) is 14.4 Å². The molecule has 3 amide bonds. The van der Waals surface area contributed by atoms with E-state index in [1.54, 1.807) is 6.07 Å². The quantitative estimate of drug-likeness (QED) is 0.553. The number of aromatic nitrogens is 2. The number of rotatable bonds is 5. The van der Waals surface area contributed by atoms with E-state index in [0.29, 0.717) is 25.1 Å². The number of amides is 3. The molecule has 22 heavy (non-hydrogen) atoms. The van der Waals surface area contributed by atoms with Crippen molar-refractivity contribution in [1.29, 1.82) is 0 Å².